The molecule has 1 fully saturated rings. The van der Waals surface area contributed by atoms with E-state index in [1.807, 2.05) is 17.7 Å². The van der Waals surface area contributed by atoms with E-state index >= 15 is 0 Å². The number of hydrogen-bond acceptors (Lipinski definition) is 10. The fourth-order valence-electron chi connectivity index (χ4n) is 4.95. The maximum Gasteiger partial charge on any atom is 0.410 e. The zero-order valence-electron chi connectivity index (χ0n) is 24.7. The summed E-state index contributed by atoms with van der Waals surface area (Å²) < 4.78 is 66.8. The molecule has 3 aromatic rings. The fourth-order valence-corrected chi connectivity index (χ4v) is 5.58. The highest BCUT2D eigenvalue weighted by molar-refractivity contribution is 7.90. The largest absolute Gasteiger partial charge is 0.444 e. The smallest absolute Gasteiger partial charge is 0.410 e. The minimum absolute atomic E-state index is 0.0670. The van der Waals surface area contributed by atoms with Gasteiger partial charge in [0, 0.05) is 36.7 Å². The van der Waals surface area contributed by atoms with Crippen LogP contribution in [0.3, 0.4) is 0 Å². The number of hydrogen-bond donors (Lipinski definition) is 2. The highest BCUT2D eigenvalue weighted by Gasteiger charge is 2.30. The number of aryl methyl sites for hydroxylation is 1. The van der Waals surface area contributed by atoms with Gasteiger partial charge in [0.1, 0.15) is 17.1 Å². The van der Waals surface area contributed by atoms with E-state index in [1.54, 1.807) is 20.8 Å². The average Bonchev–Trinajstić information content (AvgIpc) is 3.29. The summed E-state index contributed by atoms with van der Waals surface area (Å²) in [6, 6.07) is 3.30. The van der Waals surface area contributed by atoms with Crippen LogP contribution in [0.5, 0.6) is 0 Å². The number of sulfone groups is 1. The molecule has 0 spiro atoms. The number of carbonyl (C=O) groups is 1. The molecule has 5 rings (SSSR count). The highest BCUT2D eigenvalue weighted by atomic mass is 32.2. The number of ether oxygens (including phenoxy) is 2. The third-order valence-corrected chi connectivity index (χ3v) is 8.09. The lowest BCUT2D eigenvalue weighted by Gasteiger charge is -2.31. The topological polar surface area (TPSA) is 141 Å². The van der Waals surface area contributed by atoms with E-state index in [1.165, 1.54) is 4.90 Å². The molecule has 0 saturated carbocycles. The van der Waals surface area contributed by atoms with Gasteiger partial charge in [0.2, 0.25) is 5.95 Å². The lowest BCUT2D eigenvalue weighted by Crippen LogP contribution is -2.40. The molecule has 1 aromatic carbocycles. The summed E-state index contributed by atoms with van der Waals surface area (Å²) in [4.78, 5) is 22.8. The van der Waals surface area contributed by atoms with Crippen LogP contribution < -0.4 is 10.6 Å². The van der Waals surface area contributed by atoms with Gasteiger partial charge in [-0.1, -0.05) is 0 Å². The minimum atomic E-state index is -3.84. The van der Waals surface area contributed by atoms with E-state index in [2.05, 4.69) is 25.7 Å². The quantitative estimate of drug-likeness (QED) is 0.381. The molecule has 0 bridgehead atoms. The maximum absolute atomic E-state index is 14.9. The Hall–Kier alpha value is -3.85. The Labute approximate surface area is 248 Å². The molecule has 2 aliphatic heterocycles. The van der Waals surface area contributed by atoms with Gasteiger partial charge < -0.3 is 25.0 Å². The van der Waals surface area contributed by atoms with Gasteiger partial charge in [-0.2, -0.15) is 10.1 Å². The van der Waals surface area contributed by atoms with Crippen LogP contribution in [0.25, 0.3) is 0 Å². The normalized spacial score (nSPS) is 17.4. The molecular formula is C28H35F2N7O5S. The van der Waals surface area contributed by atoms with Gasteiger partial charge in [0.05, 0.1) is 17.1 Å². The molecular weight excluding hydrogens is 584 g/mol. The van der Waals surface area contributed by atoms with Gasteiger partial charge >= 0.3 is 6.09 Å². The summed E-state index contributed by atoms with van der Waals surface area (Å²) in [5.74, 6) is -1.59. The number of rotatable bonds is 6. The first-order chi connectivity index (χ1) is 20.2. The van der Waals surface area contributed by atoms with E-state index in [4.69, 9.17) is 9.47 Å². The molecule has 232 valence electrons. The Balaban J connectivity index is 1.50. The summed E-state index contributed by atoms with van der Waals surface area (Å²) in [5.41, 5.74) is 0.709. The number of nitrogens with zero attached hydrogens (tertiary/aromatic N) is 5. The van der Waals surface area contributed by atoms with Crippen LogP contribution >= 0.6 is 0 Å². The number of aromatic nitrogens is 4. The highest BCUT2D eigenvalue weighted by Crippen LogP contribution is 2.32. The number of amides is 1. The van der Waals surface area contributed by atoms with E-state index in [0.29, 0.717) is 42.5 Å². The van der Waals surface area contributed by atoms with E-state index in [-0.39, 0.29) is 18.7 Å². The van der Waals surface area contributed by atoms with E-state index < -0.39 is 43.7 Å². The molecule has 1 unspecified atom stereocenters. The van der Waals surface area contributed by atoms with Gasteiger partial charge in [-0.05, 0) is 65.5 Å². The van der Waals surface area contributed by atoms with E-state index in [0.717, 1.165) is 43.3 Å². The standard InChI is InChI=1S/C28H35F2N7O5S/c1-16-12-22(35-37(16)23-8-6-7-11-41-23)32-25-18-9-10-36(27(38)42-28(2,3)4)15-21(18)31-26(34-25)33-24-19(29)13-17(14-20(24)30)43(5,39)40/h12-14,23H,6-11,15H2,1-5H3,(H2,31,32,33,34,35). The van der Waals surface area contributed by atoms with Crippen LogP contribution in [-0.2, 0) is 32.3 Å². The minimum Gasteiger partial charge on any atom is -0.444 e. The van der Waals surface area contributed by atoms with Crippen molar-refractivity contribution in [1.29, 1.82) is 0 Å². The number of fused-ring (bicyclic) bond motifs is 1. The number of halogens is 2. The number of benzene rings is 1. The van der Waals surface area contributed by atoms with Crippen LogP contribution in [0.1, 0.15) is 63.2 Å². The molecule has 12 nitrogen and oxygen atoms in total. The summed E-state index contributed by atoms with van der Waals surface area (Å²) >= 11 is 0. The second-order valence-corrected chi connectivity index (χ2v) is 13.7. The first-order valence-corrected chi connectivity index (χ1v) is 15.9. The second kappa shape index (κ2) is 11.7. The molecule has 4 heterocycles. The third-order valence-electron chi connectivity index (χ3n) is 6.99. The Kier molecular flexibility index (Phi) is 8.31. The van der Waals surface area contributed by atoms with Gasteiger partial charge in [-0.25, -0.2) is 31.7 Å². The molecule has 1 amide bonds. The summed E-state index contributed by atoms with van der Waals surface area (Å²) in [5, 5.41) is 10.5. The molecule has 2 aromatic heterocycles. The van der Waals surface area contributed by atoms with Gasteiger partial charge in [-0.15, -0.1) is 0 Å². The molecule has 43 heavy (non-hydrogen) atoms. The second-order valence-electron chi connectivity index (χ2n) is 11.7. The Bertz CT molecular complexity index is 1630. The van der Waals surface area contributed by atoms with Gasteiger partial charge in [0.15, 0.2) is 33.5 Å². The fraction of sp³-hybridized carbons (Fsp3) is 0.500. The number of carbonyl (C=O) groups excluding carboxylic acids is 1. The van der Waals surface area contributed by atoms with Crippen molar-refractivity contribution in [3.63, 3.8) is 0 Å². The average molecular weight is 620 g/mol. The van der Waals surface area contributed by atoms with Crippen molar-refractivity contribution in [3.8, 4) is 0 Å². The number of nitrogens with one attached hydrogen (secondary N) is 2. The zero-order valence-corrected chi connectivity index (χ0v) is 25.5. The van der Waals surface area contributed by atoms with Crippen LogP contribution in [-0.4, -0.2) is 64.2 Å². The maximum atomic E-state index is 14.9. The Morgan fingerprint density at radius 1 is 1.12 bits per heavy atom. The third kappa shape index (κ3) is 7.04. The molecule has 1 atom stereocenters. The van der Waals surface area contributed by atoms with E-state index in [9.17, 15) is 22.0 Å². The monoisotopic (exact) mass is 619 g/mol. The Morgan fingerprint density at radius 2 is 1.84 bits per heavy atom. The predicted octanol–water partition coefficient (Wildman–Crippen LogP) is 5.14. The van der Waals surface area contributed by atoms with Gasteiger partial charge in [0.25, 0.3) is 0 Å². The molecule has 15 heteroatoms. The molecule has 1 saturated heterocycles. The van der Waals surface area contributed by atoms with Crippen molar-refractivity contribution in [3.05, 3.63) is 46.8 Å². The summed E-state index contributed by atoms with van der Waals surface area (Å²) in [7, 11) is -3.84. The molecule has 0 radical (unpaired) electrons. The first kappa shape index (κ1) is 30.6. The van der Waals surface area contributed by atoms with Gasteiger partial charge in [-0.3, -0.25) is 0 Å². The van der Waals surface area contributed by atoms with Crippen molar-refractivity contribution >= 4 is 39.2 Å². The summed E-state index contributed by atoms with van der Waals surface area (Å²) in [6.45, 7) is 8.30. The van der Waals surface area contributed by atoms with Crippen molar-refractivity contribution in [2.75, 3.05) is 30.0 Å². The Morgan fingerprint density at radius 3 is 2.47 bits per heavy atom. The zero-order chi connectivity index (χ0) is 31.1. The van der Waals surface area contributed by atoms with Crippen molar-refractivity contribution in [1.82, 2.24) is 24.6 Å². The predicted molar refractivity (Wildman–Crippen MR) is 154 cm³/mol. The van der Waals surface area contributed by atoms with Crippen molar-refractivity contribution < 1.29 is 31.5 Å². The number of anilines is 4. The molecule has 2 aliphatic rings. The lowest BCUT2D eigenvalue weighted by molar-refractivity contribution is -0.0404. The van der Waals surface area contributed by atoms with Crippen LogP contribution in [0.15, 0.2) is 23.1 Å². The summed E-state index contributed by atoms with van der Waals surface area (Å²) in [6.07, 6.45) is 3.43. The first-order valence-electron chi connectivity index (χ1n) is 14.0. The van der Waals surface area contributed by atoms with Crippen LogP contribution in [0, 0.1) is 18.6 Å². The lowest BCUT2D eigenvalue weighted by atomic mass is 10.1. The molecule has 2 N–H and O–H groups in total. The SMILES string of the molecule is Cc1cc(Nc2nc(Nc3c(F)cc(S(C)(=O)=O)cc3F)nc3c2CCN(C(=O)OC(C)(C)C)C3)nn1C1CCCCO1. The molecule has 0 aliphatic carbocycles. The van der Waals surface area contributed by atoms with Crippen LogP contribution in [0.2, 0.25) is 0 Å². The van der Waals surface area contributed by atoms with Crippen molar-refractivity contribution in [2.24, 2.45) is 0 Å². The van der Waals surface area contributed by atoms with Crippen molar-refractivity contribution in [2.45, 2.75) is 76.6 Å². The van der Waals surface area contributed by atoms with Crippen LogP contribution in [0.4, 0.5) is 36.8 Å².